The number of rotatable bonds is 3. The van der Waals surface area contributed by atoms with Crippen molar-refractivity contribution in [2.75, 3.05) is 18.4 Å². The van der Waals surface area contributed by atoms with E-state index in [-0.39, 0.29) is 6.04 Å². The number of likely N-dealkylation sites (tertiary alicyclic amines) is 1. The smallest absolute Gasteiger partial charge is 0.314 e. The zero-order chi connectivity index (χ0) is 17.1. The van der Waals surface area contributed by atoms with Crippen LogP contribution in [0.4, 0.5) is 5.69 Å². The molecule has 0 unspecified atom stereocenters. The predicted octanol–water partition coefficient (Wildman–Crippen LogP) is 1.54. The fourth-order valence-corrected chi connectivity index (χ4v) is 2.90. The molecule has 3 heterocycles. The third-order valence-electron chi connectivity index (χ3n) is 4.28. The summed E-state index contributed by atoms with van der Waals surface area (Å²) >= 11 is 0. The summed E-state index contributed by atoms with van der Waals surface area (Å²) in [6.45, 7) is 4.99. The second-order valence-corrected chi connectivity index (χ2v) is 6.00. The van der Waals surface area contributed by atoms with Gasteiger partial charge < -0.3 is 14.7 Å². The Hall–Kier alpha value is -2.64. The first kappa shape index (κ1) is 16.2. The number of nitrogens with one attached hydrogen (secondary N) is 1. The fraction of sp³-hybridized carbons (Fsp3) is 0.500. The van der Waals surface area contributed by atoms with Crippen LogP contribution in [0.2, 0.25) is 0 Å². The molecular formula is C16H21N5O3. The molecule has 0 atom stereocenters. The summed E-state index contributed by atoms with van der Waals surface area (Å²) in [4.78, 5) is 26.0. The maximum absolute atomic E-state index is 12.3. The summed E-state index contributed by atoms with van der Waals surface area (Å²) in [6.07, 6.45) is 7.37. The molecule has 1 aliphatic rings. The van der Waals surface area contributed by atoms with Gasteiger partial charge in [-0.15, -0.1) is 0 Å². The molecule has 3 rings (SSSR count). The molecule has 1 fully saturated rings. The summed E-state index contributed by atoms with van der Waals surface area (Å²) in [5.74, 6) is -1.17. The number of amides is 2. The molecule has 2 amide bonds. The Morgan fingerprint density at radius 2 is 2.12 bits per heavy atom. The minimum Gasteiger partial charge on any atom is -0.362 e. The number of carbonyl (C=O) groups excluding carboxylic acids is 2. The van der Waals surface area contributed by atoms with Gasteiger partial charge in [-0.1, -0.05) is 12.1 Å². The van der Waals surface area contributed by atoms with E-state index in [1.807, 2.05) is 30.9 Å². The first-order valence-corrected chi connectivity index (χ1v) is 8.12. The van der Waals surface area contributed by atoms with Gasteiger partial charge >= 0.3 is 11.8 Å². The quantitative estimate of drug-likeness (QED) is 0.861. The summed E-state index contributed by atoms with van der Waals surface area (Å²) < 4.78 is 6.77. The lowest BCUT2D eigenvalue weighted by Gasteiger charge is -2.31. The third-order valence-corrected chi connectivity index (χ3v) is 4.28. The van der Waals surface area contributed by atoms with Crippen LogP contribution < -0.4 is 5.32 Å². The first-order chi connectivity index (χ1) is 11.6. The molecule has 0 saturated carbocycles. The number of aryl methyl sites for hydroxylation is 2. The highest BCUT2D eigenvalue weighted by Gasteiger charge is 2.28. The summed E-state index contributed by atoms with van der Waals surface area (Å²) in [6, 6.07) is 0.274. The highest BCUT2D eigenvalue weighted by Crippen LogP contribution is 2.22. The number of anilines is 1. The van der Waals surface area contributed by atoms with Gasteiger partial charge in [0.25, 0.3) is 0 Å². The lowest BCUT2D eigenvalue weighted by molar-refractivity contribution is -0.144. The highest BCUT2D eigenvalue weighted by atomic mass is 16.5. The largest absolute Gasteiger partial charge is 0.362 e. The molecule has 0 radical (unpaired) electrons. The van der Waals surface area contributed by atoms with Gasteiger partial charge in [-0.2, -0.15) is 5.10 Å². The monoisotopic (exact) mass is 331 g/mol. The zero-order valence-corrected chi connectivity index (χ0v) is 13.9. The molecule has 2 aromatic heterocycles. The van der Waals surface area contributed by atoms with Crippen LogP contribution in [0, 0.1) is 6.92 Å². The average Bonchev–Trinajstić information content (AvgIpc) is 3.23. The summed E-state index contributed by atoms with van der Waals surface area (Å²) in [7, 11) is 0. The third kappa shape index (κ3) is 3.32. The number of hydrogen-bond acceptors (Lipinski definition) is 5. The molecule has 0 aromatic carbocycles. The number of aromatic nitrogens is 3. The Balaban J connectivity index is 1.55. The van der Waals surface area contributed by atoms with Crippen molar-refractivity contribution >= 4 is 17.5 Å². The molecule has 8 nitrogen and oxygen atoms in total. The molecule has 0 spiro atoms. The van der Waals surface area contributed by atoms with Crippen LogP contribution in [-0.4, -0.2) is 44.7 Å². The van der Waals surface area contributed by atoms with Gasteiger partial charge in [-0.05, 0) is 31.7 Å². The van der Waals surface area contributed by atoms with Crippen molar-refractivity contribution in [2.45, 2.75) is 39.2 Å². The fourth-order valence-electron chi connectivity index (χ4n) is 2.90. The zero-order valence-electron chi connectivity index (χ0n) is 13.9. The van der Waals surface area contributed by atoms with Gasteiger partial charge in [0.2, 0.25) is 0 Å². The standard InChI is InChI=1S/C16H21N5O3/c1-3-13-14(10-24-19-13)18-15(22)16(23)20-6-4-12(5-7-20)21-9-11(2)8-17-21/h8-10,12H,3-7H2,1-2H3,(H,18,22). The van der Waals surface area contributed by atoms with Crippen molar-refractivity contribution in [2.24, 2.45) is 0 Å². The van der Waals surface area contributed by atoms with E-state index < -0.39 is 11.8 Å². The van der Waals surface area contributed by atoms with Crippen LogP contribution in [-0.2, 0) is 16.0 Å². The number of hydrogen-bond donors (Lipinski definition) is 1. The molecule has 1 N–H and O–H groups in total. The second-order valence-electron chi connectivity index (χ2n) is 6.00. The van der Waals surface area contributed by atoms with Crippen LogP contribution in [0.25, 0.3) is 0 Å². The second kappa shape index (κ2) is 6.86. The first-order valence-electron chi connectivity index (χ1n) is 8.12. The van der Waals surface area contributed by atoms with Crippen molar-refractivity contribution in [3.8, 4) is 0 Å². The number of nitrogens with zero attached hydrogens (tertiary/aromatic N) is 4. The maximum atomic E-state index is 12.3. The molecule has 2 aromatic rings. The normalized spacial score (nSPS) is 15.5. The van der Waals surface area contributed by atoms with E-state index in [0.29, 0.717) is 30.9 Å². The maximum Gasteiger partial charge on any atom is 0.314 e. The summed E-state index contributed by atoms with van der Waals surface area (Å²) in [5, 5.41) is 10.7. The van der Waals surface area contributed by atoms with E-state index >= 15 is 0 Å². The molecular weight excluding hydrogens is 310 g/mol. The average molecular weight is 331 g/mol. The Kier molecular flexibility index (Phi) is 4.64. The van der Waals surface area contributed by atoms with E-state index in [1.54, 1.807) is 4.90 Å². The van der Waals surface area contributed by atoms with Crippen molar-refractivity contribution in [1.29, 1.82) is 0 Å². The Morgan fingerprint density at radius 1 is 1.38 bits per heavy atom. The lowest BCUT2D eigenvalue weighted by atomic mass is 10.1. The summed E-state index contributed by atoms with van der Waals surface area (Å²) in [5.41, 5.74) is 2.20. The van der Waals surface area contributed by atoms with E-state index in [2.05, 4.69) is 15.6 Å². The molecule has 24 heavy (non-hydrogen) atoms. The van der Waals surface area contributed by atoms with Gasteiger partial charge in [0.05, 0.1) is 12.2 Å². The molecule has 1 aliphatic heterocycles. The van der Waals surface area contributed by atoms with Crippen LogP contribution in [0.5, 0.6) is 0 Å². The molecule has 1 saturated heterocycles. The Morgan fingerprint density at radius 3 is 2.75 bits per heavy atom. The van der Waals surface area contributed by atoms with Crippen molar-refractivity contribution < 1.29 is 14.1 Å². The predicted molar refractivity (Wildman–Crippen MR) is 86.3 cm³/mol. The number of piperidine rings is 1. The van der Waals surface area contributed by atoms with Crippen LogP contribution >= 0.6 is 0 Å². The highest BCUT2D eigenvalue weighted by molar-refractivity contribution is 6.39. The van der Waals surface area contributed by atoms with Gasteiger partial charge in [-0.25, -0.2) is 0 Å². The van der Waals surface area contributed by atoms with Crippen LogP contribution in [0.1, 0.15) is 37.1 Å². The van der Waals surface area contributed by atoms with Gasteiger partial charge in [0.15, 0.2) is 0 Å². The van der Waals surface area contributed by atoms with E-state index in [9.17, 15) is 9.59 Å². The van der Waals surface area contributed by atoms with E-state index in [1.165, 1.54) is 6.26 Å². The molecule has 0 bridgehead atoms. The van der Waals surface area contributed by atoms with Crippen molar-refractivity contribution in [1.82, 2.24) is 19.8 Å². The molecule has 8 heteroatoms. The SMILES string of the molecule is CCc1nocc1NC(=O)C(=O)N1CCC(n2cc(C)cn2)CC1. The lowest BCUT2D eigenvalue weighted by Crippen LogP contribution is -2.44. The Bertz CT molecular complexity index is 728. The number of carbonyl (C=O) groups is 2. The minimum atomic E-state index is -0.652. The van der Waals surface area contributed by atoms with Crippen molar-refractivity contribution in [3.05, 3.63) is 29.9 Å². The van der Waals surface area contributed by atoms with Crippen molar-refractivity contribution in [3.63, 3.8) is 0 Å². The molecule has 0 aliphatic carbocycles. The van der Waals surface area contributed by atoms with Gasteiger partial charge in [0, 0.05) is 19.3 Å². The Labute approximate surface area is 139 Å². The molecule has 128 valence electrons. The topological polar surface area (TPSA) is 93.3 Å². The van der Waals surface area contributed by atoms with E-state index in [0.717, 1.165) is 18.4 Å². The van der Waals surface area contributed by atoms with Gasteiger partial charge in [-0.3, -0.25) is 14.3 Å². The minimum absolute atomic E-state index is 0.274. The van der Waals surface area contributed by atoms with Crippen LogP contribution in [0.3, 0.4) is 0 Å². The van der Waals surface area contributed by atoms with E-state index in [4.69, 9.17) is 4.52 Å². The van der Waals surface area contributed by atoms with Crippen LogP contribution in [0.15, 0.2) is 23.2 Å². The van der Waals surface area contributed by atoms with Gasteiger partial charge in [0.1, 0.15) is 17.6 Å².